The van der Waals surface area contributed by atoms with Crippen molar-refractivity contribution in [3.63, 3.8) is 0 Å². The van der Waals surface area contributed by atoms with E-state index in [1.54, 1.807) is 0 Å². The summed E-state index contributed by atoms with van der Waals surface area (Å²) in [5.74, 6) is 0. The maximum absolute atomic E-state index is 3.58. The minimum absolute atomic E-state index is 0.0572. The second-order valence-corrected chi connectivity index (χ2v) is 7.66. The number of fused-ring (bicyclic) bond motifs is 3. The molecule has 0 spiro atoms. The van der Waals surface area contributed by atoms with E-state index in [1.807, 2.05) is 0 Å². The molecule has 98 valence electrons. The summed E-state index contributed by atoms with van der Waals surface area (Å²) in [5.41, 5.74) is 2.62. The van der Waals surface area contributed by atoms with Gasteiger partial charge in [-0.05, 0) is 57.2 Å². The Hall–Kier alpha value is -0.800. The Morgan fingerprint density at radius 2 is 1.21 bits per heavy atom. The second kappa shape index (κ2) is 4.35. The molecular formula is C16H15Br2N. The van der Waals surface area contributed by atoms with E-state index in [1.165, 1.54) is 21.8 Å². The Labute approximate surface area is 129 Å². The lowest BCUT2D eigenvalue weighted by molar-refractivity contribution is 0.423. The third kappa shape index (κ3) is 2.13. The molecule has 0 saturated carbocycles. The van der Waals surface area contributed by atoms with E-state index in [4.69, 9.17) is 0 Å². The number of rotatable bonds is 0. The molecule has 3 aromatic rings. The summed E-state index contributed by atoms with van der Waals surface area (Å²) >= 11 is 7.15. The molecule has 0 amide bonds. The normalized spacial score (nSPS) is 12.5. The maximum Gasteiger partial charge on any atom is 0.0497 e. The number of nitrogens with zero attached hydrogens (tertiary/aromatic N) is 1. The molecular weight excluding hydrogens is 366 g/mol. The molecule has 19 heavy (non-hydrogen) atoms. The largest absolute Gasteiger partial charge is 0.335 e. The number of benzene rings is 2. The Morgan fingerprint density at radius 3 is 1.58 bits per heavy atom. The first-order chi connectivity index (χ1) is 8.88. The van der Waals surface area contributed by atoms with Crippen LogP contribution in [0.15, 0.2) is 45.3 Å². The molecule has 0 aliphatic carbocycles. The molecule has 2 aromatic carbocycles. The summed E-state index contributed by atoms with van der Waals surface area (Å²) in [4.78, 5) is 0. The fraction of sp³-hybridized carbons (Fsp3) is 0.250. The van der Waals surface area contributed by atoms with Gasteiger partial charge < -0.3 is 4.57 Å². The van der Waals surface area contributed by atoms with Crippen LogP contribution in [0.25, 0.3) is 21.8 Å². The third-order valence-corrected chi connectivity index (χ3v) is 4.35. The predicted octanol–water partition coefficient (Wildman–Crippen LogP) is 6.07. The zero-order chi connectivity index (χ0) is 13.8. The van der Waals surface area contributed by atoms with E-state index >= 15 is 0 Å². The van der Waals surface area contributed by atoms with Crippen molar-refractivity contribution in [1.82, 2.24) is 4.57 Å². The van der Waals surface area contributed by atoms with Crippen LogP contribution >= 0.6 is 31.9 Å². The maximum atomic E-state index is 3.58. The first kappa shape index (κ1) is 13.2. The first-order valence-corrected chi connectivity index (χ1v) is 7.86. The number of aromatic nitrogens is 1. The van der Waals surface area contributed by atoms with Gasteiger partial charge in [0.2, 0.25) is 0 Å². The molecule has 3 heteroatoms. The van der Waals surface area contributed by atoms with Crippen LogP contribution < -0.4 is 0 Å². The predicted molar refractivity (Wildman–Crippen MR) is 89.8 cm³/mol. The first-order valence-electron chi connectivity index (χ1n) is 6.27. The average molecular weight is 381 g/mol. The SMILES string of the molecule is CC(C)(C)n1c2ccc(Br)cc2c2cc(Br)ccc21. The molecule has 0 atom stereocenters. The van der Waals surface area contributed by atoms with Crippen molar-refractivity contribution in [2.75, 3.05) is 0 Å². The molecule has 0 radical (unpaired) electrons. The molecule has 3 rings (SSSR count). The highest BCUT2D eigenvalue weighted by Crippen LogP contribution is 2.36. The second-order valence-electron chi connectivity index (χ2n) is 5.83. The van der Waals surface area contributed by atoms with E-state index in [9.17, 15) is 0 Å². The Balaban J connectivity index is 2.58. The highest BCUT2D eigenvalue weighted by molar-refractivity contribution is 9.10. The van der Waals surface area contributed by atoms with Gasteiger partial charge in [0.1, 0.15) is 0 Å². The Morgan fingerprint density at radius 1 is 0.789 bits per heavy atom. The van der Waals surface area contributed by atoms with E-state index in [0.717, 1.165) is 8.95 Å². The van der Waals surface area contributed by atoms with Gasteiger partial charge in [0.15, 0.2) is 0 Å². The Bertz CT molecular complexity index is 719. The van der Waals surface area contributed by atoms with E-state index in [-0.39, 0.29) is 5.54 Å². The van der Waals surface area contributed by atoms with Crippen LogP contribution in [0.2, 0.25) is 0 Å². The molecule has 0 aliphatic heterocycles. The average Bonchev–Trinajstić information content (AvgIpc) is 2.62. The van der Waals surface area contributed by atoms with Crippen molar-refractivity contribution in [3.8, 4) is 0 Å². The number of hydrogen-bond acceptors (Lipinski definition) is 0. The van der Waals surface area contributed by atoms with Gasteiger partial charge in [0.05, 0.1) is 0 Å². The summed E-state index contributed by atoms with van der Waals surface area (Å²) < 4.78 is 4.65. The summed E-state index contributed by atoms with van der Waals surface area (Å²) in [5, 5.41) is 2.58. The summed E-state index contributed by atoms with van der Waals surface area (Å²) in [6.07, 6.45) is 0. The van der Waals surface area contributed by atoms with Crippen molar-refractivity contribution < 1.29 is 0 Å². The van der Waals surface area contributed by atoms with Crippen LogP contribution in [0.1, 0.15) is 20.8 Å². The van der Waals surface area contributed by atoms with Crippen molar-refractivity contribution >= 4 is 53.7 Å². The van der Waals surface area contributed by atoms with Gasteiger partial charge in [0, 0.05) is 36.3 Å². The highest BCUT2D eigenvalue weighted by atomic mass is 79.9. The number of hydrogen-bond donors (Lipinski definition) is 0. The van der Waals surface area contributed by atoms with Gasteiger partial charge in [0.25, 0.3) is 0 Å². The van der Waals surface area contributed by atoms with E-state index < -0.39 is 0 Å². The van der Waals surface area contributed by atoms with Crippen molar-refractivity contribution in [2.45, 2.75) is 26.3 Å². The van der Waals surface area contributed by atoms with Gasteiger partial charge in [-0.25, -0.2) is 0 Å². The van der Waals surface area contributed by atoms with Crippen LogP contribution in [0, 0.1) is 0 Å². The minimum Gasteiger partial charge on any atom is -0.335 e. The number of halogens is 2. The molecule has 0 N–H and O–H groups in total. The van der Waals surface area contributed by atoms with Gasteiger partial charge in [-0.3, -0.25) is 0 Å². The van der Waals surface area contributed by atoms with Crippen LogP contribution in [0.4, 0.5) is 0 Å². The lowest BCUT2D eigenvalue weighted by Crippen LogP contribution is -2.21. The monoisotopic (exact) mass is 379 g/mol. The standard InChI is InChI=1S/C16H15Br2N/c1-16(2,3)19-14-6-4-10(17)8-12(14)13-9-11(18)5-7-15(13)19/h4-9H,1-3H3. The van der Waals surface area contributed by atoms with Gasteiger partial charge >= 0.3 is 0 Å². The highest BCUT2D eigenvalue weighted by Gasteiger charge is 2.20. The smallest absolute Gasteiger partial charge is 0.0497 e. The zero-order valence-corrected chi connectivity index (χ0v) is 14.3. The fourth-order valence-corrected chi connectivity index (χ4v) is 3.41. The topological polar surface area (TPSA) is 4.93 Å². The van der Waals surface area contributed by atoms with Crippen LogP contribution in [0.5, 0.6) is 0 Å². The lowest BCUT2D eigenvalue weighted by Gasteiger charge is -2.24. The zero-order valence-electron chi connectivity index (χ0n) is 11.2. The molecule has 0 saturated heterocycles. The summed E-state index contributed by atoms with van der Waals surface area (Å²) in [7, 11) is 0. The molecule has 1 aromatic heterocycles. The lowest BCUT2D eigenvalue weighted by atomic mass is 10.1. The van der Waals surface area contributed by atoms with Crippen LogP contribution in [-0.2, 0) is 5.54 Å². The van der Waals surface area contributed by atoms with Gasteiger partial charge in [-0.15, -0.1) is 0 Å². The van der Waals surface area contributed by atoms with Gasteiger partial charge in [-0.2, -0.15) is 0 Å². The molecule has 0 aliphatic rings. The van der Waals surface area contributed by atoms with Crippen molar-refractivity contribution in [2.24, 2.45) is 0 Å². The Kier molecular flexibility index (Phi) is 3.02. The fourth-order valence-electron chi connectivity index (χ4n) is 2.69. The summed E-state index contributed by atoms with van der Waals surface area (Å²) in [6, 6.07) is 13.0. The van der Waals surface area contributed by atoms with Crippen LogP contribution in [0.3, 0.4) is 0 Å². The van der Waals surface area contributed by atoms with Crippen molar-refractivity contribution in [3.05, 3.63) is 45.3 Å². The molecule has 0 bridgehead atoms. The third-order valence-electron chi connectivity index (χ3n) is 3.36. The quantitative estimate of drug-likeness (QED) is 0.445. The van der Waals surface area contributed by atoms with Gasteiger partial charge in [-0.1, -0.05) is 31.9 Å². The van der Waals surface area contributed by atoms with E-state index in [2.05, 4.69) is 93.6 Å². The molecule has 1 nitrogen and oxygen atoms in total. The van der Waals surface area contributed by atoms with E-state index in [0.29, 0.717) is 0 Å². The minimum atomic E-state index is 0.0572. The molecule has 1 heterocycles. The van der Waals surface area contributed by atoms with Crippen molar-refractivity contribution in [1.29, 1.82) is 0 Å². The van der Waals surface area contributed by atoms with Crippen LogP contribution in [-0.4, -0.2) is 4.57 Å². The summed E-state index contributed by atoms with van der Waals surface area (Å²) in [6.45, 7) is 6.74. The molecule has 0 unspecified atom stereocenters. The molecule has 0 fully saturated rings.